The molecular weight excluding hydrogens is 878 g/mol. The molecule has 0 spiro atoms. The molecule has 256 valence electrons. The van der Waals surface area contributed by atoms with E-state index in [-0.39, 0.29) is 24.3 Å². The summed E-state index contributed by atoms with van der Waals surface area (Å²) in [4.78, 5) is 33.8. The van der Waals surface area contributed by atoms with Gasteiger partial charge in [0.1, 0.15) is 12.4 Å². The molecule has 0 aliphatic carbocycles. The van der Waals surface area contributed by atoms with E-state index in [9.17, 15) is 9.59 Å². The molecule has 0 fully saturated rings. The second kappa shape index (κ2) is 15.7. The number of carbonyl (C=O) groups excluding carboxylic acids is 1. The first-order valence-electron chi connectivity index (χ1n) is 15.2. The predicted octanol–water partition coefficient (Wildman–Crippen LogP) is 8.21. The van der Waals surface area contributed by atoms with E-state index in [1.54, 1.807) is 44.4 Å². The van der Waals surface area contributed by atoms with Crippen molar-refractivity contribution in [2.75, 3.05) is 20.8 Å². The Morgan fingerprint density at radius 2 is 1.76 bits per heavy atom. The van der Waals surface area contributed by atoms with Crippen molar-refractivity contribution in [3.63, 3.8) is 0 Å². The van der Waals surface area contributed by atoms with Gasteiger partial charge in [-0.2, -0.15) is 0 Å². The van der Waals surface area contributed by atoms with Gasteiger partial charge in [0, 0.05) is 15.6 Å². The van der Waals surface area contributed by atoms with E-state index >= 15 is 0 Å². The Labute approximate surface area is 323 Å². The number of esters is 1. The smallest absolute Gasteiger partial charge is 0.338 e. The predicted molar refractivity (Wildman–Crippen MR) is 208 cm³/mol. The molecule has 13 heteroatoms. The highest BCUT2D eigenvalue weighted by Crippen LogP contribution is 2.39. The van der Waals surface area contributed by atoms with Gasteiger partial charge in [-0.15, -0.1) is 0 Å². The third-order valence-electron chi connectivity index (χ3n) is 7.79. The number of nitrogens with zero attached hydrogens (tertiary/aromatic N) is 2. The highest BCUT2D eigenvalue weighted by Gasteiger charge is 2.35. The van der Waals surface area contributed by atoms with Crippen LogP contribution in [0.2, 0.25) is 10.0 Å². The lowest BCUT2D eigenvalue weighted by atomic mass is 9.93. The Bertz CT molecular complexity index is 2330. The average molecular weight is 906 g/mol. The average Bonchev–Trinajstić information content (AvgIpc) is 3.42. The minimum Gasteiger partial charge on any atom is -0.493 e. The quantitative estimate of drug-likeness (QED) is 0.104. The SMILES string of the molecule is CCOC(=O)C1=C(c2ccccc2)N=c2s/c(=C\c3cc(Br)cc(I)c3OCc3ccc(Cl)c(Cl)c3)c(=O)n2[C@@H]1c1ccc(OC)c(OC)c1. The first-order chi connectivity index (χ1) is 24.1. The number of benzene rings is 4. The van der Waals surface area contributed by atoms with Crippen LogP contribution in [0.4, 0.5) is 0 Å². The molecular formula is C37H28BrCl2IN2O6S. The van der Waals surface area contributed by atoms with E-state index in [4.69, 9.17) is 47.1 Å². The maximum atomic E-state index is 14.5. The highest BCUT2D eigenvalue weighted by molar-refractivity contribution is 14.1. The van der Waals surface area contributed by atoms with E-state index in [2.05, 4.69) is 38.5 Å². The van der Waals surface area contributed by atoms with E-state index in [1.165, 1.54) is 23.0 Å². The van der Waals surface area contributed by atoms with Gasteiger partial charge in [-0.05, 0) is 83.1 Å². The van der Waals surface area contributed by atoms with Crippen LogP contribution in [0.15, 0.2) is 98.7 Å². The summed E-state index contributed by atoms with van der Waals surface area (Å²) < 4.78 is 26.6. The second-order valence-corrected chi connectivity index (χ2v) is 14.8. The van der Waals surface area contributed by atoms with Crippen molar-refractivity contribution in [1.29, 1.82) is 0 Å². The number of ether oxygens (including phenoxy) is 4. The number of fused-ring (bicyclic) bond motifs is 1. The van der Waals surface area contributed by atoms with Crippen LogP contribution in [-0.2, 0) is 16.1 Å². The zero-order chi connectivity index (χ0) is 35.5. The Hall–Kier alpha value is -3.62. The Morgan fingerprint density at radius 3 is 2.46 bits per heavy atom. The zero-order valence-corrected chi connectivity index (χ0v) is 32.9. The van der Waals surface area contributed by atoms with E-state index in [0.717, 1.165) is 13.6 Å². The van der Waals surface area contributed by atoms with Crippen LogP contribution >= 0.6 is 73.1 Å². The number of aromatic nitrogens is 1. The Balaban J connectivity index is 1.57. The van der Waals surface area contributed by atoms with Gasteiger partial charge in [0.2, 0.25) is 0 Å². The van der Waals surface area contributed by atoms with Gasteiger partial charge in [0.15, 0.2) is 16.3 Å². The first-order valence-corrected chi connectivity index (χ1v) is 18.6. The highest BCUT2D eigenvalue weighted by atomic mass is 127. The standard InChI is InChI=1S/C37H28BrCl2IN2O6S/c1-4-48-36(45)31-32(21-8-6-5-7-9-21)42-37-43(33(31)22-11-13-28(46-2)29(16-22)47-3)35(44)30(50-37)17-23-15-24(38)18-27(41)34(23)49-19-20-10-12-25(39)26(40)14-20/h5-18,33H,4,19H2,1-3H3/b30-17-/t33-/m1/s1. The van der Waals surface area contributed by atoms with Crippen molar-refractivity contribution in [2.24, 2.45) is 4.99 Å². The molecule has 2 heterocycles. The lowest BCUT2D eigenvalue weighted by molar-refractivity contribution is -0.138. The third-order valence-corrected chi connectivity index (χ3v) is 10.8. The lowest BCUT2D eigenvalue weighted by Crippen LogP contribution is -2.40. The fourth-order valence-electron chi connectivity index (χ4n) is 5.54. The van der Waals surface area contributed by atoms with Crippen molar-refractivity contribution in [3.05, 3.63) is 144 Å². The number of hydrogen-bond acceptors (Lipinski definition) is 8. The first kappa shape index (κ1) is 36.2. The number of halogens is 4. The summed E-state index contributed by atoms with van der Waals surface area (Å²) in [6.07, 6.45) is 1.78. The summed E-state index contributed by atoms with van der Waals surface area (Å²) in [5.74, 6) is 0.954. The van der Waals surface area contributed by atoms with Gasteiger partial charge >= 0.3 is 5.97 Å². The summed E-state index contributed by atoms with van der Waals surface area (Å²) in [5, 5.41) is 0.887. The summed E-state index contributed by atoms with van der Waals surface area (Å²) >= 11 is 19.4. The maximum Gasteiger partial charge on any atom is 0.338 e. The maximum absolute atomic E-state index is 14.5. The van der Waals surface area contributed by atoms with Crippen LogP contribution in [0.3, 0.4) is 0 Å². The monoisotopic (exact) mass is 904 g/mol. The Kier molecular flexibility index (Phi) is 11.4. The van der Waals surface area contributed by atoms with Crippen LogP contribution in [-0.4, -0.2) is 31.4 Å². The molecule has 0 radical (unpaired) electrons. The van der Waals surface area contributed by atoms with Crippen LogP contribution in [0.1, 0.15) is 35.2 Å². The fourth-order valence-corrected chi connectivity index (χ4v) is 8.56. The molecule has 4 aromatic carbocycles. The molecule has 1 aromatic heterocycles. The lowest BCUT2D eigenvalue weighted by Gasteiger charge is -2.26. The van der Waals surface area contributed by atoms with Crippen molar-refractivity contribution >= 4 is 90.8 Å². The van der Waals surface area contributed by atoms with E-state index in [0.29, 0.717) is 59.0 Å². The van der Waals surface area contributed by atoms with Crippen LogP contribution in [0.25, 0.3) is 11.8 Å². The largest absolute Gasteiger partial charge is 0.493 e. The van der Waals surface area contributed by atoms with Crippen molar-refractivity contribution in [3.8, 4) is 17.2 Å². The van der Waals surface area contributed by atoms with Crippen molar-refractivity contribution in [2.45, 2.75) is 19.6 Å². The van der Waals surface area contributed by atoms with Crippen molar-refractivity contribution in [1.82, 2.24) is 4.57 Å². The number of hydrogen-bond donors (Lipinski definition) is 0. The fraction of sp³-hybridized carbons (Fsp3) is 0.162. The molecule has 0 unspecified atom stereocenters. The van der Waals surface area contributed by atoms with Gasteiger partial charge in [-0.1, -0.05) is 92.9 Å². The van der Waals surface area contributed by atoms with Gasteiger partial charge in [-0.3, -0.25) is 9.36 Å². The molecule has 0 saturated heterocycles. The summed E-state index contributed by atoms with van der Waals surface area (Å²) in [5.41, 5.74) is 3.13. The summed E-state index contributed by atoms with van der Waals surface area (Å²) in [6, 6.07) is 22.9. The molecule has 6 rings (SSSR count). The number of methoxy groups -OCH3 is 2. The van der Waals surface area contributed by atoms with E-state index < -0.39 is 12.0 Å². The van der Waals surface area contributed by atoms with Crippen molar-refractivity contribution < 1.29 is 23.7 Å². The second-order valence-electron chi connectivity index (χ2n) is 10.9. The van der Waals surface area contributed by atoms with Crippen LogP contribution < -0.4 is 29.1 Å². The van der Waals surface area contributed by atoms with Crippen LogP contribution in [0, 0.1) is 3.57 Å². The summed E-state index contributed by atoms with van der Waals surface area (Å²) in [6.45, 7) is 2.10. The molecule has 1 aliphatic rings. The summed E-state index contributed by atoms with van der Waals surface area (Å²) in [7, 11) is 3.08. The molecule has 0 bridgehead atoms. The molecule has 1 atom stereocenters. The van der Waals surface area contributed by atoms with Gasteiger partial charge < -0.3 is 18.9 Å². The van der Waals surface area contributed by atoms with Gasteiger partial charge in [-0.25, -0.2) is 9.79 Å². The number of carbonyl (C=O) groups is 1. The molecule has 0 N–H and O–H groups in total. The number of thiazole rings is 1. The zero-order valence-electron chi connectivity index (χ0n) is 26.8. The van der Waals surface area contributed by atoms with Gasteiger partial charge in [0.05, 0.1) is 56.3 Å². The minimum atomic E-state index is -0.893. The number of rotatable bonds is 10. The minimum absolute atomic E-state index is 0.139. The van der Waals surface area contributed by atoms with E-state index in [1.807, 2.05) is 54.6 Å². The molecule has 1 aliphatic heterocycles. The third kappa shape index (κ3) is 7.38. The van der Waals surface area contributed by atoms with Gasteiger partial charge in [0.25, 0.3) is 5.56 Å². The molecule has 0 saturated carbocycles. The van der Waals surface area contributed by atoms with Crippen LogP contribution in [0.5, 0.6) is 17.2 Å². The normalized spacial score (nSPS) is 14.2. The molecule has 0 amide bonds. The molecule has 5 aromatic rings. The topological polar surface area (TPSA) is 88.4 Å². The Morgan fingerprint density at radius 1 is 1.00 bits per heavy atom. The molecule has 8 nitrogen and oxygen atoms in total. The molecule has 50 heavy (non-hydrogen) atoms.